The van der Waals surface area contributed by atoms with Crippen LogP contribution in [0.4, 0.5) is 4.39 Å². The van der Waals surface area contributed by atoms with E-state index in [4.69, 9.17) is 0 Å². The van der Waals surface area contributed by atoms with Gasteiger partial charge in [0.1, 0.15) is 5.82 Å². The van der Waals surface area contributed by atoms with Gasteiger partial charge >= 0.3 is 0 Å². The molecule has 1 aromatic carbocycles. The van der Waals surface area contributed by atoms with Crippen LogP contribution in [0, 0.1) is 23.6 Å². The largest absolute Gasteiger partial charge is 0.207 e. The first-order valence-corrected chi connectivity index (χ1v) is 12.2. The maximum Gasteiger partial charge on any atom is 0.123 e. The Bertz CT molecular complexity index is 556. The van der Waals surface area contributed by atoms with Gasteiger partial charge in [0, 0.05) is 0 Å². The fourth-order valence-corrected chi connectivity index (χ4v) is 5.49. The van der Waals surface area contributed by atoms with Crippen molar-refractivity contribution in [2.75, 3.05) is 0 Å². The summed E-state index contributed by atoms with van der Waals surface area (Å²) in [6.45, 7) is 2.30. The molecule has 0 N–H and O–H groups in total. The minimum absolute atomic E-state index is 0.116. The molecule has 0 nitrogen and oxygen atoms in total. The van der Waals surface area contributed by atoms with E-state index < -0.39 is 0 Å². The van der Waals surface area contributed by atoms with Crippen LogP contribution in [0.15, 0.2) is 36.4 Å². The van der Waals surface area contributed by atoms with E-state index in [0.717, 1.165) is 17.8 Å². The van der Waals surface area contributed by atoms with Crippen molar-refractivity contribution in [1.29, 1.82) is 0 Å². The first-order valence-electron chi connectivity index (χ1n) is 12.2. The van der Waals surface area contributed by atoms with Crippen molar-refractivity contribution in [3.63, 3.8) is 0 Å². The summed E-state index contributed by atoms with van der Waals surface area (Å²) in [6, 6.07) is 7.21. The van der Waals surface area contributed by atoms with E-state index in [0.29, 0.717) is 5.92 Å². The van der Waals surface area contributed by atoms with Crippen LogP contribution in [0.3, 0.4) is 0 Å². The summed E-state index contributed by atoms with van der Waals surface area (Å²) in [5.41, 5.74) is 1.34. The molecule has 156 valence electrons. The summed E-state index contributed by atoms with van der Waals surface area (Å²) in [4.78, 5) is 0. The van der Waals surface area contributed by atoms with Crippen LogP contribution in [0.25, 0.3) is 0 Å². The normalized spacial score (nSPS) is 28.6. The number of hydrogen-bond acceptors (Lipinski definition) is 0. The molecule has 0 saturated heterocycles. The van der Waals surface area contributed by atoms with Crippen LogP contribution in [0.2, 0.25) is 0 Å². The number of allylic oxidation sites excluding steroid dienone is 2. The predicted molar refractivity (Wildman–Crippen MR) is 119 cm³/mol. The Labute approximate surface area is 173 Å². The van der Waals surface area contributed by atoms with Crippen LogP contribution >= 0.6 is 0 Å². The molecule has 2 saturated carbocycles. The third-order valence-corrected chi connectivity index (χ3v) is 7.45. The van der Waals surface area contributed by atoms with Gasteiger partial charge < -0.3 is 0 Å². The van der Waals surface area contributed by atoms with E-state index >= 15 is 0 Å². The fourth-order valence-electron chi connectivity index (χ4n) is 5.49. The summed E-state index contributed by atoms with van der Waals surface area (Å²) in [5, 5.41) is 0. The summed E-state index contributed by atoms with van der Waals surface area (Å²) < 4.78 is 13.1. The van der Waals surface area contributed by atoms with E-state index in [2.05, 4.69) is 19.1 Å². The number of hydrogen-bond donors (Lipinski definition) is 0. The molecule has 0 amide bonds. The van der Waals surface area contributed by atoms with Crippen LogP contribution < -0.4 is 0 Å². The zero-order valence-corrected chi connectivity index (χ0v) is 18.1. The lowest BCUT2D eigenvalue weighted by molar-refractivity contribution is 0.288. The van der Waals surface area contributed by atoms with E-state index in [1.807, 2.05) is 12.1 Å². The van der Waals surface area contributed by atoms with Crippen LogP contribution in [0.1, 0.15) is 108 Å². The molecule has 1 aromatic rings. The lowest BCUT2D eigenvalue weighted by atomic mass is 9.77. The Balaban J connectivity index is 1.27. The fraction of sp³-hybridized carbons (Fsp3) is 0.704. The van der Waals surface area contributed by atoms with Crippen LogP contribution in [-0.4, -0.2) is 0 Å². The van der Waals surface area contributed by atoms with Crippen molar-refractivity contribution < 1.29 is 4.39 Å². The predicted octanol–water partition coefficient (Wildman–Crippen LogP) is 8.82. The summed E-state index contributed by atoms with van der Waals surface area (Å²) >= 11 is 0. The van der Waals surface area contributed by atoms with Crippen molar-refractivity contribution in [2.45, 2.75) is 103 Å². The van der Waals surface area contributed by atoms with Gasteiger partial charge in [0.25, 0.3) is 0 Å². The third-order valence-electron chi connectivity index (χ3n) is 7.45. The monoisotopic (exact) mass is 384 g/mol. The van der Waals surface area contributed by atoms with Gasteiger partial charge in [-0.2, -0.15) is 0 Å². The van der Waals surface area contributed by atoms with Gasteiger partial charge in [-0.3, -0.25) is 0 Å². The van der Waals surface area contributed by atoms with Gasteiger partial charge in [-0.15, -0.1) is 0 Å². The summed E-state index contributed by atoms with van der Waals surface area (Å²) in [6.07, 6.45) is 24.4. The van der Waals surface area contributed by atoms with E-state index in [9.17, 15) is 4.39 Å². The molecule has 2 aliphatic rings. The highest BCUT2D eigenvalue weighted by molar-refractivity contribution is 5.20. The average molecular weight is 385 g/mol. The van der Waals surface area contributed by atoms with Gasteiger partial charge in [-0.25, -0.2) is 4.39 Å². The number of benzene rings is 1. The minimum Gasteiger partial charge on any atom is -0.207 e. The molecule has 0 aromatic heterocycles. The summed E-state index contributed by atoms with van der Waals surface area (Å²) in [5.74, 6) is 3.31. The van der Waals surface area contributed by atoms with Crippen molar-refractivity contribution in [3.05, 3.63) is 47.8 Å². The van der Waals surface area contributed by atoms with Gasteiger partial charge in [0.2, 0.25) is 0 Å². The van der Waals surface area contributed by atoms with Crippen molar-refractivity contribution in [3.8, 4) is 0 Å². The zero-order chi connectivity index (χ0) is 19.6. The number of unbranched alkanes of at least 4 members (excludes halogenated alkanes) is 2. The second-order valence-electron chi connectivity index (χ2n) is 9.55. The number of rotatable bonds is 9. The second kappa shape index (κ2) is 11.8. The quantitative estimate of drug-likeness (QED) is 0.295. The van der Waals surface area contributed by atoms with Gasteiger partial charge in [0.05, 0.1) is 0 Å². The minimum atomic E-state index is -0.116. The van der Waals surface area contributed by atoms with Gasteiger partial charge in [-0.05, 0) is 106 Å². The first-order chi connectivity index (χ1) is 13.7. The zero-order valence-electron chi connectivity index (χ0n) is 18.1. The van der Waals surface area contributed by atoms with Crippen LogP contribution in [-0.2, 0) is 0 Å². The molecule has 1 heteroatoms. The highest BCUT2D eigenvalue weighted by Gasteiger charge is 2.22. The molecule has 28 heavy (non-hydrogen) atoms. The van der Waals surface area contributed by atoms with Crippen molar-refractivity contribution >= 4 is 0 Å². The first kappa shape index (κ1) is 21.6. The molecule has 0 heterocycles. The highest BCUT2D eigenvalue weighted by Crippen LogP contribution is 2.38. The molecule has 2 aliphatic carbocycles. The topological polar surface area (TPSA) is 0 Å². The maximum absolute atomic E-state index is 13.1. The van der Waals surface area contributed by atoms with E-state index in [-0.39, 0.29) is 5.82 Å². The number of halogens is 1. The lowest BCUT2D eigenvalue weighted by Crippen LogP contribution is -2.13. The molecule has 0 unspecified atom stereocenters. The average Bonchev–Trinajstić information content (AvgIpc) is 2.73. The molecule has 3 rings (SSSR count). The molecule has 0 bridgehead atoms. The van der Waals surface area contributed by atoms with Gasteiger partial charge in [-0.1, -0.05) is 56.9 Å². The molecule has 0 atom stereocenters. The molecular formula is C27H41F. The van der Waals surface area contributed by atoms with E-state index in [1.165, 1.54) is 95.5 Å². The Kier molecular flexibility index (Phi) is 9.09. The third kappa shape index (κ3) is 7.05. The van der Waals surface area contributed by atoms with E-state index in [1.54, 1.807) is 12.1 Å². The maximum atomic E-state index is 13.1. The Morgan fingerprint density at radius 2 is 1.46 bits per heavy atom. The lowest BCUT2D eigenvalue weighted by Gasteiger charge is -2.29. The smallest absolute Gasteiger partial charge is 0.123 e. The Morgan fingerprint density at radius 1 is 0.821 bits per heavy atom. The Morgan fingerprint density at radius 3 is 2.14 bits per heavy atom. The molecule has 0 aliphatic heterocycles. The standard InChI is InChI=1S/C27H41F/c1-2-3-4-7-22-10-12-23(13-11-22)8-5-6-9-24-14-16-25(17-15-24)26-18-20-27(28)21-19-26/h5,8,18-25H,2-4,6-7,9-17H2,1H3/b8-5+. The molecular weight excluding hydrogens is 343 g/mol. The Hall–Kier alpha value is -1.11. The van der Waals surface area contributed by atoms with Crippen LogP contribution in [0.5, 0.6) is 0 Å². The van der Waals surface area contributed by atoms with Crippen molar-refractivity contribution in [2.24, 2.45) is 17.8 Å². The van der Waals surface area contributed by atoms with Crippen molar-refractivity contribution in [1.82, 2.24) is 0 Å². The molecule has 2 fully saturated rings. The molecule has 0 radical (unpaired) electrons. The summed E-state index contributed by atoms with van der Waals surface area (Å²) in [7, 11) is 0. The second-order valence-corrected chi connectivity index (χ2v) is 9.55. The molecule has 0 spiro atoms. The SMILES string of the molecule is CCCCCC1CCC(/C=C/CCC2CCC(c3ccc(F)cc3)CC2)CC1. The van der Waals surface area contributed by atoms with Gasteiger partial charge in [0.15, 0.2) is 0 Å². The highest BCUT2D eigenvalue weighted by atomic mass is 19.1.